The summed E-state index contributed by atoms with van der Waals surface area (Å²) in [6, 6.07) is 7.92. The number of amides is 1. The van der Waals surface area contributed by atoms with E-state index in [2.05, 4.69) is 37.1 Å². The minimum Gasteiger partial charge on any atom is -0.481 e. The Morgan fingerprint density at radius 1 is 1.37 bits per heavy atom. The Balaban J connectivity index is 1.75. The third-order valence-electron chi connectivity index (χ3n) is 5.04. The van der Waals surface area contributed by atoms with Crippen molar-refractivity contribution in [3.63, 3.8) is 0 Å². The normalized spacial score (nSPS) is 19.0. The summed E-state index contributed by atoms with van der Waals surface area (Å²) < 4.78 is 7.99. The quantitative estimate of drug-likeness (QED) is 0.899. The monoisotopic (exact) mass is 370 g/mol. The third kappa shape index (κ3) is 4.33. The van der Waals surface area contributed by atoms with Gasteiger partial charge in [-0.05, 0) is 30.0 Å². The zero-order valence-electron chi connectivity index (χ0n) is 16.9. The molecule has 1 saturated heterocycles. The van der Waals surface area contributed by atoms with E-state index in [-0.39, 0.29) is 17.4 Å². The number of imidazole rings is 1. The van der Waals surface area contributed by atoms with Crippen molar-refractivity contribution in [2.45, 2.75) is 45.3 Å². The number of piperazine rings is 1. The highest BCUT2D eigenvalue weighted by Gasteiger charge is 2.33. The van der Waals surface area contributed by atoms with Gasteiger partial charge in [-0.3, -0.25) is 4.79 Å². The molecule has 2 aromatic rings. The molecule has 3 rings (SSSR count). The van der Waals surface area contributed by atoms with E-state index >= 15 is 0 Å². The molecule has 2 heterocycles. The summed E-state index contributed by atoms with van der Waals surface area (Å²) >= 11 is 0. The van der Waals surface area contributed by atoms with E-state index in [4.69, 9.17) is 4.74 Å². The molecule has 0 bridgehead atoms. The van der Waals surface area contributed by atoms with Gasteiger partial charge in [0.25, 0.3) is 5.91 Å². The van der Waals surface area contributed by atoms with Gasteiger partial charge in [0.05, 0.1) is 0 Å². The first kappa shape index (κ1) is 19.4. The van der Waals surface area contributed by atoms with Crippen LogP contribution < -0.4 is 10.1 Å². The molecule has 146 valence electrons. The number of benzene rings is 1. The molecular weight excluding hydrogens is 340 g/mol. The van der Waals surface area contributed by atoms with E-state index in [9.17, 15) is 4.79 Å². The lowest BCUT2D eigenvalue weighted by Gasteiger charge is -2.37. The summed E-state index contributed by atoms with van der Waals surface area (Å²) in [4.78, 5) is 19.5. The van der Waals surface area contributed by atoms with Crippen molar-refractivity contribution >= 4 is 5.91 Å². The molecule has 1 N–H and O–H groups in total. The molecule has 0 radical (unpaired) electrons. The topological polar surface area (TPSA) is 59.4 Å². The fourth-order valence-electron chi connectivity index (χ4n) is 3.42. The number of carbonyl (C=O) groups is 1. The van der Waals surface area contributed by atoms with Crippen molar-refractivity contribution in [2.24, 2.45) is 7.05 Å². The first-order chi connectivity index (χ1) is 12.8. The summed E-state index contributed by atoms with van der Waals surface area (Å²) in [6.45, 7) is 10.4. The van der Waals surface area contributed by atoms with Crippen LogP contribution in [0.4, 0.5) is 0 Å². The number of nitrogens with one attached hydrogen (secondary N) is 1. The highest BCUT2D eigenvalue weighted by atomic mass is 16.5. The molecule has 2 unspecified atom stereocenters. The van der Waals surface area contributed by atoms with Crippen LogP contribution in [0.1, 0.15) is 45.1 Å². The van der Waals surface area contributed by atoms with Crippen molar-refractivity contribution in [1.82, 2.24) is 19.8 Å². The Hall–Kier alpha value is -2.34. The molecule has 1 fully saturated rings. The summed E-state index contributed by atoms with van der Waals surface area (Å²) in [5.41, 5.74) is 1.22. The molecule has 0 spiro atoms. The maximum atomic E-state index is 13.1. The van der Waals surface area contributed by atoms with Crippen LogP contribution in [0, 0.1) is 0 Å². The lowest BCUT2D eigenvalue weighted by molar-refractivity contribution is -0.141. The Morgan fingerprint density at radius 3 is 2.81 bits per heavy atom. The number of rotatable bonds is 4. The predicted molar refractivity (Wildman–Crippen MR) is 106 cm³/mol. The maximum absolute atomic E-state index is 13.1. The van der Waals surface area contributed by atoms with Crippen LogP contribution in [0.25, 0.3) is 0 Å². The number of carbonyl (C=O) groups excluding carboxylic acids is 1. The minimum atomic E-state index is -0.555. The van der Waals surface area contributed by atoms with E-state index < -0.39 is 6.10 Å². The lowest BCUT2D eigenvalue weighted by Crippen LogP contribution is -2.52. The second kappa shape index (κ2) is 7.72. The number of aryl methyl sites for hydroxylation is 1. The van der Waals surface area contributed by atoms with Gasteiger partial charge in [0.2, 0.25) is 0 Å². The summed E-state index contributed by atoms with van der Waals surface area (Å²) in [7, 11) is 1.96. The van der Waals surface area contributed by atoms with Crippen LogP contribution in [0.5, 0.6) is 5.75 Å². The van der Waals surface area contributed by atoms with E-state index in [1.54, 1.807) is 6.20 Å². The van der Waals surface area contributed by atoms with Crippen LogP contribution in [0.2, 0.25) is 0 Å². The summed E-state index contributed by atoms with van der Waals surface area (Å²) in [5.74, 6) is 1.61. The lowest BCUT2D eigenvalue weighted by atomic mass is 9.87. The average molecular weight is 370 g/mol. The number of hydrogen-bond acceptors (Lipinski definition) is 4. The first-order valence-corrected chi connectivity index (χ1v) is 9.53. The fourth-order valence-corrected chi connectivity index (χ4v) is 3.42. The highest BCUT2D eigenvalue weighted by molar-refractivity contribution is 5.81. The van der Waals surface area contributed by atoms with Crippen LogP contribution in [-0.2, 0) is 17.3 Å². The van der Waals surface area contributed by atoms with Gasteiger partial charge in [-0.2, -0.15) is 0 Å². The standard InChI is InChI=1S/C21H30N4O2/c1-15(27-17-8-6-7-16(13-17)21(2,3)4)20(26)25-12-9-22-14-18(25)19-23-10-11-24(19)5/h6-8,10-11,13,15,18,22H,9,12,14H2,1-5H3. The van der Waals surface area contributed by atoms with Gasteiger partial charge in [0.1, 0.15) is 17.6 Å². The number of nitrogens with zero attached hydrogens (tertiary/aromatic N) is 3. The fraction of sp³-hybridized carbons (Fsp3) is 0.524. The second-order valence-corrected chi connectivity index (χ2v) is 8.19. The van der Waals surface area contributed by atoms with E-state index in [0.29, 0.717) is 13.1 Å². The maximum Gasteiger partial charge on any atom is 0.264 e. The molecule has 1 amide bonds. The number of ether oxygens (including phenoxy) is 1. The van der Waals surface area contributed by atoms with E-state index in [1.165, 1.54) is 5.56 Å². The Labute approximate surface area is 161 Å². The molecule has 1 aliphatic heterocycles. The zero-order valence-corrected chi connectivity index (χ0v) is 16.9. The van der Waals surface area contributed by atoms with Crippen LogP contribution in [0.15, 0.2) is 36.7 Å². The van der Waals surface area contributed by atoms with E-state index in [1.807, 2.05) is 47.8 Å². The van der Waals surface area contributed by atoms with Crippen molar-refractivity contribution in [3.8, 4) is 5.75 Å². The van der Waals surface area contributed by atoms with Crippen molar-refractivity contribution < 1.29 is 9.53 Å². The summed E-state index contributed by atoms with van der Waals surface area (Å²) in [6.07, 6.45) is 3.12. The summed E-state index contributed by atoms with van der Waals surface area (Å²) in [5, 5.41) is 3.36. The molecule has 0 aliphatic carbocycles. The van der Waals surface area contributed by atoms with Gasteiger partial charge in [-0.25, -0.2) is 4.98 Å². The Morgan fingerprint density at radius 2 is 2.15 bits per heavy atom. The molecule has 6 nitrogen and oxygen atoms in total. The van der Waals surface area contributed by atoms with Crippen LogP contribution in [-0.4, -0.2) is 46.1 Å². The van der Waals surface area contributed by atoms with Crippen LogP contribution in [0.3, 0.4) is 0 Å². The second-order valence-electron chi connectivity index (χ2n) is 8.19. The molecule has 1 aliphatic rings. The Bertz CT molecular complexity index is 793. The third-order valence-corrected chi connectivity index (χ3v) is 5.04. The van der Waals surface area contributed by atoms with Gasteiger partial charge in [0.15, 0.2) is 6.10 Å². The minimum absolute atomic E-state index is 0.00865. The molecular formula is C21H30N4O2. The van der Waals surface area contributed by atoms with Crippen molar-refractivity contribution in [3.05, 3.63) is 48.0 Å². The number of hydrogen-bond donors (Lipinski definition) is 1. The predicted octanol–water partition coefficient (Wildman–Crippen LogP) is 2.66. The van der Waals surface area contributed by atoms with Gasteiger partial charge < -0.3 is 19.5 Å². The van der Waals surface area contributed by atoms with Crippen LogP contribution >= 0.6 is 0 Å². The molecule has 2 atom stereocenters. The molecule has 27 heavy (non-hydrogen) atoms. The van der Waals surface area contributed by atoms with Crippen molar-refractivity contribution in [2.75, 3.05) is 19.6 Å². The largest absolute Gasteiger partial charge is 0.481 e. The number of aromatic nitrogens is 2. The van der Waals surface area contributed by atoms with Gasteiger partial charge in [-0.1, -0.05) is 32.9 Å². The molecule has 6 heteroatoms. The average Bonchev–Trinajstić information content (AvgIpc) is 3.06. The SMILES string of the molecule is CC(Oc1cccc(C(C)(C)C)c1)C(=O)N1CCNCC1c1nccn1C. The van der Waals surface area contributed by atoms with E-state index in [0.717, 1.165) is 18.1 Å². The van der Waals surface area contributed by atoms with Gasteiger partial charge in [0, 0.05) is 39.1 Å². The van der Waals surface area contributed by atoms with Gasteiger partial charge >= 0.3 is 0 Å². The Kier molecular flexibility index (Phi) is 5.56. The molecule has 1 aromatic heterocycles. The first-order valence-electron chi connectivity index (χ1n) is 9.53. The van der Waals surface area contributed by atoms with Crippen molar-refractivity contribution in [1.29, 1.82) is 0 Å². The molecule has 1 aromatic carbocycles. The smallest absolute Gasteiger partial charge is 0.264 e. The zero-order chi connectivity index (χ0) is 19.6. The highest BCUT2D eigenvalue weighted by Crippen LogP contribution is 2.27. The van der Waals surface area contributed by atoms with Gasteiger partial charge in [-0.15, -0.1) is 0 Å². The molecule has 0 saturated carbocycles.